The Bertz CT molecular complexity index is 866. The molecule has 3 rings (SSSR count). The fourth-order valence-electron chi connectivity index (χ4n) is 2.13. The van der Waals surface area contributed by atoms with Gasteiger partial charge in [0.1, 0.15) is 0 Å². The first-order valence-corrected chi connectivity index (χ1v) is 7.49. The van der Waals surface area contributed by atoms with Gasteiger partial charge in [-0.25, -0.2) is 8.78 Å². The van der Waals surface area contributed by atoms with Crippen molar-refractivity contribution in [1.82, 2.24) is 4.98 Å². The van der Waals surface area contributed by atoms with E-state index in [1.165, 1.54) is 0 Å². The number of aromatic hydroxyl groups is 1. The molecule has 1 N–H and O–H groups in total. The smallest absolute Gasteiger partial charge is 0.203 e. The van der Waals surface area contributed by atoms with Crippen LogP contribution in [0.25, 0.3) is 10.9 Å². The second-order valence-electron chi connectivity index (χ2n) is 4.70. The van der Waals surface area contributed by atoms with E-state index in [2.05, 4.69) is 4.98 Å². The van der Waals surface area contributed by atoms with E-state index in [9.17, 15) is 17.6 Å². The fraction of sp³-hybridized carbons (Fsp3) is 0.0625. The third-order valence-corrected chi connectivity index (χ3v) is 4.37. The quantitative estimate of drug-likeness (QED) is 0.423. The Kier molecular flexibility index (Phi) is 4.12. The van der Waals surface area contributed by atoms with Crippen molar-refractivity contribution in [3.05, 3.63) is 65.4 Å². The molecule has 1 aromatic heterocycles. The van der Waals surface area contributed by atoms with Crippen LogP contribution in [0.5, 0.6) is 5.75 Å². The van der Waals surface area contributed by atoms with E-state index in [0.717, 1.165) is 17.1 Å². The van der Waals surface area contributed by atoms with Gasteiger partial charge in [-0.05, 0) is 12.1 Å². The van der Waals surface area contributed by atoms with Crippen LogP contribution in [-0.2, 0) is 5.75 Å². The van der Waals surface area contributed by atoms with Crippen LogP contribution in [0.2, 0.25) is 0 Å². The molecule has 0 aliphatic rings. The number of pyridine rings is 1. The first-order chi connectivity index (χ1) is 11.0. The highest BCUT2D eigenvalue weighted by atomic mass is 32.2. The zero-order valence-corrected chi connectivity index (χ0v) is 12.3. The van der Waals surface area contributed by atoms with E-state index >= 15 is 0 Å². The van der Waals surface area contributed by atoms with E-state index in [4.69, 9.17) is 5.11 Å². The number of phenols is 1. The number of benzene rings is 2. The minimum atomic E-state index is -1.80. The molecule has 0 aliphatic carbocycles. The summed E-state index contributed by atoms with van der Waals surface area (Å²) in [5, 5.41) is 9.81. The maximum Gasteiger partial charge on any atom is 0.203 e. The van der Waals surface area contributed by atoms with Crippen LogP contribution in [0.4, 0.5) is 17.6 Å². The second kappa shape index (κ2) is 6.08. The Hall–Kier alpha value is -2.28. The summed E-state index contributed by atoms with van der Waals surface area (Å²) in [5.74, 6) is -8.78. The first-order valence-electron chi connectivity index (χ1n) is 6.51. The van der Waals surface area contributed by atoms with Crippen molar-refractivity contribution in [2.45, 2.75) is 10.6 Å². The Balaban J connectivity index is 1.98. The number of phenolic OH excluding ortho intramolecular Hbond substituents is 1. The molecular weight excluding hydrogens is 330 g/mol. The number of fused-ring (bicyclic) bond motifs is 1. The van der Waals surface area contributed by atoms with Crippen molar-refractivity contribution in [3.8, 4) is 5.75 Å². The maximum absolute atomic E-state index is 13.7. The van der Waals surface area contributed by atoms with Crippen LogP contribution in [0, 0.1) is 23.3 Å². The molecule has 0 radical (unpaired) electrons. The summed E-state index contributed by atoms with van der Waals surface area (Å²) in [4.78, 5) is 4.81. The molecule has 0 bridgehead atoms. The van der Waals surface area contributed by atoms with Crippen LogP contribution in [0.1, 0.15) is 5.56 Å². The summed E-state index contributed by atoms with van der Waals surface area (Å²) in [6.45, 7) is 0. The van der Waals surface area contributed by atoms with Gasteiger partial charge >= 0.3 is 0 Å². The van der Waals surface area contributed by atoms with Crippen LogP contribution in [0.15, 0.2) is 41.4 Å². The Labute approximate surface area is 132 Å². The molecule has 1 heterocycles. The zero-order chi connectivity index (χ0) is 16.6. The zero-order valence-electron chi connectivity index (χ0n) is 11.5. The molecule has 0 saturated heterocycles. The average molecular weight is 339 g/mol. The molecule has 118 valence electrons. The second-order valence-corrected chi connectivity index (χ2v) is 5.72. The number of halogens is 4. The van der Waals surface area contributed by atoms with Crippen molar-refractivity contribution in [1.29, 1.82) is 0 Å². The number of thioether (sulfide) groups is 1. The lowest BCUT2D eigenvalue weighted by atomic mass is 10.2. The molecule has 3 aromatic rings. The highest BCUT2D eigenvalue weighted by molar-refractivity contribution is 7.98. The molecule has 0 spiro atoms. The maximum atomic E-state index is 13.7. The molecule has 0 aliphatic heterocycles. The number of hydrogen-bond donors (Lipinski definition) is 1. The van der Waals surface area contributed by atoms with Gasteiger partial charge in [-0.3, -0.25) is 4.98 Å². The van der Waals surface area contributed by atoms with E-state index in [1.807, 2.05) is 12.1 Å². The Morgan fingerprint density at radius 3 is 2.26 bits per heavy atom. The van der Waals surface area contributed by atoms with Crippen molar-refractivity contribution in [2.24, 2.45) is 0 Å². The molecule has 7 heteroatoms. The normalized spacial score (nSPS) is 11.1. The van der Waals surface area contributed by atoms with Crippen molar-refractivity contribution < 1.29 is 22.7 Å². The topological polar surface area (TPSA) is 33.1 Å². The number of para-hydroxylation sites is 1. The van der Waals surface area contributed by atoms with Crippen molar-refractivity contribution >= 4 is 22.7 Å². The van der Waals surface area contributed by atoms with Crippen LogP contribution >= 0.6 is 11.8 Å². The number of rotatable bonds is 3. The van der Waals surface area contributed by atoms with Crippen molar-refractivity contribution in [2.75, 3.05) is 0 Å². The molecule has 0 atom stereocenters. The first kappa shape index (κ1) is 15.6. The van der Waals surface area contributed by atoms with Crippen LogP contribution < -0.4 is 0 Å². The van der Waals surface area contributed by atoms with E-state index in [-0.39, 0.29) is 5.75 Å². The summed E-state index contributed by atoms with van der Waals surface area (Å²) < 4.78 is 54.2. The molecule has 23 heavy (non-hydrogen) atoms. The van der Waals surface area contributed by atoms with E-state index in [1.54, 1.807) is 24.4 Å². The predicted molar refractivity (Wildman–Crippen MR) is 79.2 cm³/mol. The lowest BCUT2D eigenvalue weighted by molar-refractivity contribution is 0.353. The minimum absolute atomic E-state index is 0.346. The van der Waals surface area contributed by atoms with Gasteiger partial charge < -0.3 is 5.11 Å². The molecule has 0 saturated carbocycles. The molecule has 0 amide bonds. The van der Waals surface area contributed by atoms with Gasteiger partial charge in [-0.2, -0.15) is 8.78 Å². The standard InChI is InChI=1S/C16H9F4NOS/c17-11-9(12(18)14(20)16(22)13(11)19)7-23-10-5-1-3-8-4-2-6-21-15(8)10/h1-6,22H,7H2. The van der Waals surface area contributed by atoms with E-state index in [0.29, 0.717) is 10.4 Å². The SMILES string of the molecule is Oc1c(F)c(F)c(CSc2cccc3cccnc23)c(F)c1F. The molecule has 0 unspecified atom stereocenters. The van der Waals surface area contributed by atoms with Gasteiger partial charge in [0, 0.05) is 27.8 Å². The summed E-state index contributed by atoms with van der Waals surface area (Å²) in [6, 6.07) is 8.85. The molecular formula is C16H9F4NOS. The number of nitrogens with zero attached hydrogens (tertiary/aromatic N) is 1. The summed E-state index contributed by atoms with van der Waals surface area (Å²) >= 11 is 0.997. The lowest BCUT2D eigenvalue weighted by Crippen LogP contribution is -2.02. The minimum Gasteiger partial charge on any atom is -0.503 e. The van der Waals surface area contributed by atoms with Gasteiger partial charge in [0.05, 0.1) is 5.52 Å². The fourth-order valence-corrected chi connectivity index (χ4v) is 3.17. The highest BCUT2D eigenvalue weighted by Gasteiger charge is 2.25. The Morgan fingerprint density at radius 2 is 1.57 bits per heavy atom. The summed E-state index contributed by atoms with van der Waals surface area (Å²) in [6.07, 6.45) is 1.58. The molecule has 0 fully saturated rings. The number of aromatic nitrogens is 1. The van der Waals surface area contributed by atoms with Gasteiger partial charge in [-0.15, -0.1) is 11.8 Å². The third-order valence-electron chi connectivity index (χ3n) is 3.30. The highest BCUT2D eigenvalue weighted by Crippen LogP contribution is 2.34. The van der Waals surface area contributed by atoms with Crippen LogP contribution in [-0.4, -0.2) is 10.1 Å². The molecule has 2 nitrogen and oxygen atoms in total. The molecule has 2 aromatic carbocycles. The predicted octanol–water partition coefficient (Wildman–Crippen LogP) is 4.79. The third kappa shape index (κ3) is 2.72. The van der Waals surface area contributed by atoms with Gasteiger partial charge in [-0.1, -0.05) is 18.2 Å². The van der Waals surface area contributed by atoms with Gasteiger partial charge in [0.25, 0.3) is 0 Å². The monoisotopic (exact) mass is 339 g/mol. The lowest BCUT2D eigenvalue weighted by Gasteiger charge is -2.09. The number of hydrogen-bond acceptors (Lipinski definition) is 3. The van der Waals surface area contributed by atoms with Gasteiger partial charge in [0.15, 0.2) is 17.4 Å². The van der Waals surface area contributed by atoms with Crippen LogP contribution in [0.3, 0.4) is 0 Å². The summed E-state index contributed by atoms with van der Waals surface area (Å²) in [7, 11) is 0. The largest absolute Gasteiger partial charge is 0.503 e. The Morgan fingerprint density at radius 1 is 0.913 bits per heavy atom. The van der Waals surface area contributed by atoms with E-state index < -0.39 is 34.6 Å². The average Bonchev–Trinajstić information content (AvgIpc) is 2.58. The van der Waals surface area contributed by atoms with Crippen molar-refractivity contribution in [3.63, 3.8) is 0 Å². The van der Waals surface area contributed by atoms with Gasteiger partial charge in [0.2, 0.25) is 11.6 Å². The summed E-state index contributed by atoms with van der Waals surface area (Å²) in [5.41, 5.74) is -0.142.